The predicted molar refractivity (Wildman–Crippen MR) is 68.0 cm³/mol. The number of rotatable bonds is 3. The van der Waals surface area contributed by atoms with Crippen molar-refractivity contribution in [3.63, 3.8) is 0 Å². The van der Waals surface area contributed by atoms with E-state index in [1.807, 2.05) is 38.1 Å². The van der Waals surface area contributed by atoms with Gasteiger partial charge in [0, 0.05) is 16.8 Å². The zero-order valence-corrected chi connectivity index (χ0v) is 10.7. The van der Waals surface area contributed by atoms with Gasteiger partial charge in [-0.3, -0.25) is 0 Å². The summed E-state index contributed by atoms with van der Waals surface area (Å²) in [6, 6.07) is 7.87. The van der Waals surface area contributed by atoms with E-state index in [2.05, 4.69) is 9.97 Å². The maximum atomic E-state index is 9.32. The van der Waals surface area contributed by atoms with Crippen LogP contribution < -0.4 is 0 Å². The largest absolute Gasteiger partial charge is 0.392 e. The van der Waals surface area contributed by atoms with Crippen molar-refractivity contribution < 1.29 is 5.11 Å². The Morgan fingerprint density at radius 1 is 1.24 bits per heavy atom. The summed E-state index contributed by atoms with van der Waals surface area (Å²) in [6.07, 6.45) is 1.75. The first-order chi connectivity index (χ1) is 8.19. The number of aryl methyl sites for hydroxylation is 2. The monoisotopic (exact) mass is 246 g/mol. The molecule has 3 nitrogen and oxygen atoms in total. The lowest BCUT2D eigenvalue weighted by molar-refractivity contribution is 0.279. The molecule has 0 atom stereocenters. The van der Waals surface area contributed by atoms with E-state index in [4.69, 9.17) is 0 Å². The highest BCUT2D eigenvalue weighted by Crippen LogP contribution is 2.28. The van der Waals surface area contributed by atoms with Gasteiger partial charge >= 0.3 is 0 Å². The minimum Gasteiger partial charge on any atom is -0.392 e. The zero-order chi connectivity index (χ0) is 12.3. The molecule has 0 aliphatic heterocycles. The van der Waals surface area contributed by atoms with Gasteiger partial charge in [0.1, 0.15) is 0 Å². The molecule has 0 aliphatic carbocycles. The van der Waals surface area contributed by atoms with E-state index in [1.54, 1.807) is 6.20 Å². The van der Waals surface area contributed by atoms with Gasteiger partial charge in [0.2, 0.25) is 0 Å². The van der Waals surface area contributed by atoms with Crippen molar-refractivity contribution in [2.75, 3.05) is 0 Å². The first kappa shape index (κ1) is 12.1. The van der Waals surface area contributed by atoms with Gasteiger partial charge in [0.25, 0.3) is 0 Å². The van der Waals surface area contributed by atoms with E-state index in [9.17, 15) is 5.11 Å². The van der Waals surface area contributed by atoms with Crippen LogP contribution in [-0.2, 0) is 6.61 Å². The van der Waals surface area contributed by atoms with Gasteiger partial charge in [-0.25, -0.2) is 9.97 Å². The van der Waals surface area contributed by atoms with Gasteiger partial charge < -0.3 is 5.11 Å². The number of aromatic nitrogens is 2. The molecule has 0 saturated carbocycles. The average molecular weight is 246 g/mol. The summed E-state index contributed by atoms with van der Waals surface area (Å²) in [5.41, 5.74) is 3.00. The minimum absolute atomic E-state index is 0.0375. The molecule has 0 radical (unpaired) electrons. The Morgan fingerprint density at radius 3 is 2.76 bits per heavy atom. The summed E-state index contributed by atoms with van der Waals surface area (Å²) in [5.74, 6) is 0. The van der Waals surface area contributed by atoms with Crippen LogP contribution in [0, 0.1) is 13.8 Å². The standard InChI is InChI=1S/C13H14N2OS/c1-9-3-4-12(11(7-9)8-16)17-13-14-6-5-10(2)15-13/h3-7,16H,8H2,1-2H3. The highest BCUT2D eigenvalue weighted by Gasteiger charge is 2.06. The van der Waals surface area contributed by atoms with Crippen LogP contribution in [0.15, 0.2) is 40.5 Å². The fourth-order valence-corrected chi connectivity index (χ4v) is 2.40. The molecule has 1 N–H and O–H groups in total. The van der Waals surface area contributed by atoms with E-state index >= 15 is 0 Å². The number of hydrogen-bond donors (Lipinski definition) is 1. The lowest BCUT2D eigenvalue weighted by atomic mass is 10.1. The lowest BCUT2D eigenvalue weighted by Gasteiger charge is -2.07. The number of benzene rings is 1. The van der Waals surface area contributed by atoms with Gasteiger partial charge in [-0.1, -0.05) is 17.7 Å². The zero-order valence-electron chi connectivity index (χ0n) is 9.84. The van der Waals surface area contributed by atoms with Gasteiger partial charge in [-0.05, 0) is 43.3 Å². The lowest BCUT2D eigenvalue weighted by Crippen LogP contribution is -1.92. The molecule has 0 unspecified atom stereocenters. The highest BCUT2D eigenvalue weighted by atomic mass is 32.2. The van der Waals surface area contributed by atoms with Crippen molar-refractivity contribution in [3.05, 3.63) is 47.3 Å². The van der Waals surface area contributed by atoms with Crippen LogP contribution >= 0.6 is 11.8 Å². The van der Waals surface area contributed by atoms with Gasteiger partial charge in [-0.2, -0.15) is 0 Å². The Bertz CT molecular complexity index is 529. The normalized spacial score (nSPS) is 10.5. The molecule has 0 aliphatic rings. The Kier molecular flexibility index (Phi) is 3.76. The van der Waals surface area contributed by atoms with E-state index < -0.39 is 0 Å². The molecule has 0 spiro atoms. The molecule has 0 fully saturated rings. The number of nitrogens with zero attached hydrogens (tertiary/aromatic N) is 2. The van der Waals surface area contributed by atoms with Crippen LogP contribution in [0.4, 0.5) is 0 Å². The molecule has 1 aromatic heterocycles. The molecule has 17 heavy (non-hydrogen) atoms. The van der Waals surface area contributed by atoms with E-state index in [1.165, 1.54) is 11.8 Å². The van der Waals surface area contributed by atoms with Crippen LogP contribution in [0.25, 0.3) is 0 Å². The summed E-state index contributed by atoms with van der Waals surface area (Å²) >= 11 is 1.48. The maximum Gasteiger partial charge on any atom is 0.192 e. The van der Waals surface area contributed by atoms with E-state index in [-0.39, 0.29) is 6.61 Å². The number of aliphatic hydroxyl groups excluding tert-OH is 1. The van der Waals surface area contributed by atoms with Crippen molar-refractivity contribution >= 4 is 11.8 Å². The molecule has 88 valence electrons. The Morgan fingerprint density at radius 2 is 2.06 bits per heavy atom. The van der Waals surface area contributed by atoms with Gasteiger partial charge in [0.05, 0.1) is 6.61 Å². The Hall–Kier alpha value is -1.39. The van der Waals surface area contributed by atoms with Crippen LogP contribution in [-0.4, -0.2) is 15.1 Å². The molecule has 1 aromatic carbocycles. The average Bonchev–Trinajstić information content (AvgIpc) is 2.31. The van der Waals surface area contributed by atoms with Crippen molar-refractivity contribution in [1.82, 2.24) is 9.97 Å². The van der Waals surface area contributed by atoms with Crippen LogP contribution in [0.1, 0.15) is 16.8 Å². The summed E-state index contributed by atoms with van der Waals surface area (Å²) in [5, 5.41) is 10.0. The molecule has 0 saturated heterocycles. The summed E-state index contributed by atoms with van der Waals surface area (Å²) in [4.78, 5) is 9.54. The first-order valence-electron chi connectivity index (χ1n) is 5.37. The van der Waals surface area contributed by atoms with E-state index in [0.717, 1.165) is 21.7 Å². The second-order valence-electron chi connectivity index (χ2n) is 3.85. The van der Waals surface area contributed by atoms with Crippen molar-refractivity contribution in [3.8, 4) is 0 Å². The SMILES string of the molecule is Cc1ccc(Sc2nccc(C)n2)c(CO)c1. The molecule has 2 aromatic rings. The third kappa shape index (κ3) is 3.05. The molecule has 0 amide bonds. The van der Waals surface area contributed by atoms with Gasteiger partial charge in [-0.15, -0.1) is 0 Å². The molecule has 1 heterocycles. The molecule has 2 rings (SSSR count). The minimum atomic E-state index is 0.0375. The molecule has 4 heteroatoms. The quantitative estimate of drug-likeness (QED) is 0.846. The van der Waals surface area contributed by atoms with Crippen molar-refractivity contribution in [1.29, 1.82) is 0 Å². The summed E-state index contributed by atoms with van der Waals surface area (Å²) in [7, 11) is 0. The number of hydrogen-bond acceptors (Lipinski definition) is 4. The smallest absolute Gasteiger partial charge is 0.192 e. The second kappa shape index (κ2) is 5.29. The second-order valence-corrected chi connectivity index (χ2v) is 4.86. The number of aliphatic hydroxyl groups is 1. The van der Waals surface area contributed by atoms with Crippen LogP contribution in [0.5, 0.6) is 0 Å². The van der Waals surface area contributed by atoms with E-state index in [0.29, 0.717) is 5.16 Å². The van der Waals surface area contributed by atoms with Crippen LogP contribution in [0.2, 0.25) is 0 Å². The molecule has 0 bridgehead atoms. The van der Waals surface area contributed by atoms with Crippen molar-refractivity contribution in [2.45, 2.75) is 30.5 Å². The summed E-state index contributed by atoms with van der Waals surface area (Å²) < 4.78 is 0. The molecular formula is C13H14N2OS. The van der Waals surface area contributed by atoms with Crippen molar-refractivity contribution in [2.24, 2.45) is 0 Å². The molecular weight excluding hydrogens is 232 g/mol. The Labute approximate surface area is 105 Å². The van der Waals surface area contributed by atoms with Crippen LogP contribution in [0.3, 0.4) is 0 Å². The Balaban J connectivity index is 2.29. The van der Waals surface area contributed by atoms with Gasteiger partial charge in [0.15, 0.2) is 5.16 Å². The first-order valence-corrected chi connectivity index (χ1v) is 6.18. The summed E-state index contributed by atoms with van der Waals surface area (Å²) in [6.45, 7) is 3.99. The third-order valence-electron chi connectivity index (χ3n) is 2.36. The third-order valence-corrected chi connectivity index (χ3v) is 3.36. The fourth-order valence-electron chi connectivity index (χ4n) is 1.50. The maximum absolute atomic E-state index is 9.32. The highest BCUT2D eigenvalue weighted by molar-refractivity contribution is 7.99. The fraction of sp³-hybridized carbons (Fsp3) is 0.231. The topological polar surface area (TPSA) is 46.0 Å². The predicted octanol–water partition coefficient (Wildman–Crippen LogP) is 2.74.